The van der Waals surface area contributed by atoms with Gasteiger partial charge in [0.2, 0.25) is 0 Å². The molecule has 9 aliphatic rings. The first-order valence-corrected chi connectivity index (χ1v) is 56.5. The van der Waals surface area contributed by atoms with Gasteiger partial charge in [-0.25, -0.2) is 0 Å². The molecule has 18 rings (SSSR count). The maximum absolute atomic E-state index is 4.15. The highest BCUT2D eigenvalue weighted by molar-refractivity contribution is 5.39. The summed E-state index contributed by atoms with van der Waals surface area (Å²) in [7, 11) is 0. The summed E-state index contributed by atoms with van der Waals surface area (Å²) < 4.78 is 0. The van der Waals surface area contributed by atoms with Crippen LogP contribution in [0.3, 0.4) is 0 Å². The molecule has 9 aromatic rings. The molecule has 0 unspecified atom stereocenters. The molecule has 0 spiro atoms. The van der Waals surface area contributed by atoms with Gasteiger partial charge in [0.05, 0.1) is 0 Å². The third-order valence-electron chi connectivity index (χ3n) is 37.7. The first-order chi connectivity index (χ1) is 66.1. The number of nitrogens with zero attached hydrogens (tertiary/aromatic N) is 4. The average molecular weight is 1910 g/mol. The van der Waals surface area contributed by atoms with Gasteiger partial charge in [-0.05, 0) is 287 Å². The van der Waals surface area contributed by atoms with Crippen molar-refractivity contribution in [2.75, 3.05) is 0 Å². The Morgan fingerprint density at radius 3 is 0.518 bits per heavy atom. The van der Waals surface area contributed by atoms with E-state index in [-0.39, 0.29) is 0 Å². The molecule has 9 saturated carbocycles. The molecule has 772 valence electrons. The molecule has 141 heavy (non-hydrogen) atoms. The topological polar surface area (TPSA) is 51.6 Å². The van der Waals surface area contributed by atoms with E-state index in [9.17, 15) is 0 Å². The molecule has 0 aliphatic heterocycles. The molecular weight excluding hydrogens is 1700 g/mol. The lowest BCUT2D eigenvalue weighted by Crippen LogP contribution is -2.45. The number of hydrogen-bond acceptors (Lipinski definition) is 4. The quantitative estimate of drug-likeness (QED) is 0.135. The number of pyridine rings is 4. The Morgan fingerprint density at radius 2 is 0.362 bits per heavy atom. The van der Waals surface area contributed by atoms with Crippen LogP contribution in [0.2, 0.25) is 0 Å². The third kappa shape index (κ3) is 29.2. The zero-order chi connectivity index (χ0) is 104. The Hall–Kier alpha value is -7.74. The van der Waals surface area contributed by atoms with Crippen LogP contribution in [0.15, 0.2) is 250 Å². The van der Waals surface area contributed by atoms with Crippen LogP contribution in [0.1, 0.15) is 489 Å². The summed E-state index contributed by atoms with van der Waals surface area (Å²) in [6.45, 7) is 73.2. The van der Waals surface area contributed by atoms with Crippen LogP contribution in [0.5, 0.6) is 0 Å². The Labute approximate surface area is 868 Å². The number of hydrogen-bond donors (Lipinski definition) is 0. The summed E-state index contributed by atoms with van der Waals surface area (Å²) in [5.74, 6) is 6.34. The van der Waals surface area contributed by atoms with E-state index < -0.39 is 0 Å². The van der Waals surface area contributed by atoms with Crippen LogP contribution in [0.25, 0.3) is 0 Å². The van der Waals surface area contributed by atoms with Gasteiger partial charge >= 0.3 is 0 Å². The molecule has 0 saturated heterocycles. The first kappa shape index (κ1) is 117. The second-order valence-corrected chi connectivity index (χ2v) is 55.2. The van der Waals surface area contributed by atoms with Gasteiger partial charge in [-0.1, -0.05) is 462 Å². The zero-order valence-corrected chi connectivity index (χ0v) is 96.2. The van der Waals surface area contributed by atoms with Crippen LogP contribution in [-0.4, -0.2) is 19.9 Å². The van der Waals surface area contributed by atoms with E-state index in [1.807, 2.05) is 79.9 Å². The monoisotopic (exact) mass is 1910 g/mol. The lowest BCUT2D eigenvalue weighted by atomic mass is 9.52. The molecule has 9 aliphatic carbocycles. The molecule has 4 heteroatoms. The Morgan fingerprint density at radius 1 is 0.191 bits per heavy atom. The number of rotatable bonds is 9. The fraction of sp³-hybridized carbons (Fsp3) is 0.620. The number of aromatic nitrogens is 4. The molecule has 0 bridgehead atoms. The van der Waals surface area contributed by atoms with Crippen LogP contribution in [0.4, 0.5) is 0 Å². The minimum atomic E-state index is 0.307. The van der Waals surface area contributed by atoms with E-state index >= 15 is 0 Å². The van der Waals surface area contributed by atoms with E-state index in [4.69, 9.17) is 0 Å². The lowest BCUT2D eigenvalue weighted by Gasteiger charge is -2.52. The van der Waals surface area contributed by atoms with Crippen molar-refractivity contribution in [2.45, 2.75) is 483 Å². The highest BCUT2D eigenvalue weighted by atomic mass is 14.7. The van der Waals surface area contributed by atoms with E-state index in [0.29, 0.717) is 103 Å². The van der Waals surface area contributed by atoms with Crippen molar-refractivity contribution in [1.82, 2.24) is 19.9 Å². The van der Waals surface area contributed by atoms with Crippen molar-refractivity contribution in [2.24, 2.45) is 59.6 Å². The highest BCUT2D eigenvalue weighted by Gasteiger charge is 2.56. The number of benzene rings is 5. The first-order valence-electron chi connectivity index (χ1n) is 56.5. The zero-order valence-electron chi connectivity index (χ0n) is 96.2. The Bertz CT molecular complexity index is 4780. The lowest BCUT2D eigenvalue weighted by molar-refractivity contribution is 0.0349. The minimum absolute atomic E-state index is 0.307. The summed E-state index contributed by atoms with van der Waals surface area (Å²) in [4.78, 5) is 16.5. The van der Waals surface area contributed by atoms with Crippen molar-refractivity contribution in [3.63, 3.8) is 0 Å². The van der Waals surface area contributed by atoms with Gasteiger partial charge in [-0.2, -0.15) is 0 Å². The normalized spacial score (nSPS) is 19.7. The Kier molecular flexibility index (Phi) is 40.7. The molecule has 0 amide bonds. The second-order valence-electron chi connectivity index (χ2n) is 55.2. The summed E-state index contributed by atoms with van der Waals surface area (Å²) in [6.07, 6.45) is 63.3. The maximum atomic E-state index is 4.15. The predicted octanol–water partition coefficient (Wildman–Crippen LogP) is 40.2. The molecule has 4 nitrogen and oxygen atoms in total. The highest BCUT2D eigenvalue weighted by Crippen LogP contribution is 2.63. The molecule has 4 heterocycles. The fourth-order valence-corrected chi connectivity index (χ4v) is 26.9. The van der Waals surface area contributed by atoms with Crippen LogP contribution >= 0.6 is 0 Å². The van der Waals surface area contributed by atoms with Gasteiger partial charge in [-0.3, -0.25) is 19.9 Å². The maximum Gasteiger partial charge on any atom is 0.0270 e. The van der Waals surface area contributed by atoms with Gasteiger partial charge < -0.3 is 0 Å². The van der Waals surface area contributed by atoms with Crippen molar-refractivity contribution in [3.05, 3.63) is 300 Å². The van der Waals surface area contributed by atoms with Crippen LogP contribution in [0, 0.1) is 71.4 Å². The molecule has 0 radical (unpaired) electrons. The van der Waals surface area contributed by atoms with E-state index in [1.54, 1.807) is 16.7 Å². The molecule has 0 N–H and O–H groups in total. The van der Waals surface area contributed by atoms with Gasteiger partial charge in [0, 0.05) is 105 Å². The molecule has 5 aromatic carbocycles. The fourth-order valence-electron chi connectivity index (χ4n) is 26.9. The van der Waals surface area contributed by atoms with Crippen molar-refractivity contribution in [3.8, 4) is 11.8 Å². The molecule has 0 atom stereocenters. The minimum Gasteiger partial charge on any atom is -0.265 e. The Balaban J connectivity index is 0.000000175. The summed E-state index contributed by atoms with van der Waals surface area (Å²) >= 11 is 0. The molecule has 9 fully saturated rings. The molecular formula is C137H204N4. The molecule has 4 aromatic heterocycles. The second kappa shape index (κ2) is 49.2. The van der Waals surface area contributed by atoms with Gasteiger partial charge in [-0.15, -0.1) is 0 Å². The van der Waals surface area contributed by atoms with E-state index in [2.05, 4.69) is 416 Å². The van der Waals surface area contributed by atoms with Crippen molar-refractivity contribution >= 4 is 0 Å². The van der Waals surface area contributed by atoms with Crippen molar-refractivity contribution in [1.29, 1.82) is 0 Å². The van der Waals surface area contributed by atoms with Crippen molar-refractivity contribution < 1.29 is 0 Å². The largest absolute Gasteiger partial charge is 0.265 e. The van der Waals surface area contributed by atoms with Crippen LogP contribution < -0.4 is 0 Å². The third-order valence-corrected chi connectivity index (χ3v) is 37.7. The SMILES string of the molecule is CC(C)(C)C1(c2ccccc2)CC1.CC(C)(C)C1(c2ccccc2)CCC1.CC(C)(C)C1(c2ccccc2)CCCC1.CC(C)(C)C1(c2ccccc2)CCCCC1.CC(C)(C)C1(c2ccncc2)CC1.CC(C)(C)C1(c2ccncc2)CCC1.CC(C)(C)C1(c2ccncc2)CCCC1.CC(C)(C)C1(c2ccncc2)CCCCC1.CC(C)(C)CC#Cc1ccccc1.CCC1(C(C)(C)C)CCCCC1. The summed E-state index contributed by atoms with van der Waals surface area (Å²) in [5, 5.41) is 0. The van der Waals surface area contributed by atoms with Gasteiger partial charge in [0.1, 0.15) is 0 Å². The van der Waals surface area contributed by atoms with Gasteiger partial charge in [0.25, 0.3) is 0 Å². The standard InChI is InChI=1S/C16H24.C15H23N.C15H22.C14H21N.C14H20.C13H19N.C13H18.C13H16.C12H17N.C12H24/c1-15(2,3)16(12-8-5-9-13-16)14-10-6-4-7-11-14;1-14(2,3)15(9-5-4-6-10-15)13-7-11-16-12-8-13;1-14(2,3)15(11-7-8-12-15)13-9-5-4-6-10-13;1-13(2,3)14(8-4-5-9-14)12-6-10-15-11-7-12;1-13(2,3)14(10-7-11-14)12-8-5-4-6-9-12;1-12(2,3)13(7-4-8-13)11-5-9-14-10-6-11;1-12(2,3)13(9-10-13)11-7-5-4-6-8-11;1-13(2,3)11-7-10-12-8-5-4-6-9-12;1-11(2,3)12(6-7-12)10-4-8-13-9-5-10;1-5-12(11(2,3)4)9-7-6-8-10-12/h4,6-7,10-11H,5,8-9,12-13H2,1-3H3;7-8,11-12H,4-6,9-10H2,1-3H3;4-6,9-10H,7-8,11-12H2,1-3H3;6-7,10-11H,4-5,8-9H2,1-3H3;4-6,8-9H,7,10-11H2,1-3H3;5-6,9-10H,4,7-8H2,1-3H3;4-8H,9-10H2,1-3H3;4-6,8-9H,11H2,1-3H3;4-5,8-9H,6-7H2,1-3H3;5-10H2,1-4H3. The van der Waals surface area contributed by atoms with E-state index in [1.165, 1.54) is 246 Å². The van der Waals surface area contributed by atoms with Gasteiger partial charge in [0.15, 0.2) is 0 Å². The predicted molar refractivity (Wildman–Crippen MR) is 614 cm³/mol. The van der Waals surface area contributed by atoms with Crippen LogP contribution in [-0.2, 0) is 43.3 Å². The summed E-state index contributed by atoms with van der Waals surface area (Å²) in [5.41, 5.74) is 21.1. The summed E-state index contributed by atoms with van der Waals surface area (Å²) in [6, 6.07) is 71.9. The smallest absolute Gasteiger partial charge is 0.0270 e. The van der Waals surface area contributed by atoms with E-state index in [0.717, 1.165) is 12.0 Å². The average Bonchev–Trinajstić information content (AvgIpc) is 1.44.